The molecule has 0 saturated heterocycles. The second kappa shape index (κ2) is 4.84. The molecule has 6 heteroatoms. The van der Waals surface area contributed by atoms with Crippen LogP contribution in [-0.2, 0) is 16.0 Å². The van der Waals surface area contributed by atoms with Crippen molar-refractivity contribution in [2.45, 2.75) is 6.42 Å². The summed E-state index contributed by atoms with van der Waals surface area (Å²) in [5, 5.41) is 13.1. The van der Waals surface area contributed by atoms with Crippen molar-refractivity contribution in [3.63, 3.8) is 0 Å². The first-order chi connectivity index (χ1) is 8.22. The van der Waals surface area contributed by atoms with Crippen molar-refractivity contribution in [1.82, 2.24) is 5.16 Å². The molecule has 1 aromatic carbocycles. The minimum absolute atomic E-state index is 0.0913. The number of rotatable bonds is 5. The van der Waals surface area contributed by atoms with Gasteiger partial charge in [0, 0.05) is 12.5 Å². The van der Waals surface area contributed by atoms with Crippen LogP contribution < -0.4 is 4.74 Å². The topological polar surface area (TPSA) is 81.8 Å². The van der Waals surface area contributed by atoms with E-state index in [0.717, 1.165) is 0 Å². The van der Waals surface area contributed by atoms with Crippen LogP contribution >= 0.6 is 0 Å². The highest BCUT2D eigenvalue weighted by molar-refractivity contribution is 5.87. The Morgan fingerprint density at radius 1 is 1.53 bits per heavy atom. The van der Waals surface area contributed by atoms with Gasteiger partial charge in [0.05, 0.1) is 6.42 Å². The number of benzene rings is 1. The van der Waals surface area contributed by atoms with Crippen molar-refractivity contribution in [3.05, 3.63) is 23.9 Å². The number of nitrogens with zero attached hydrogens (tertiary/aromatic N) is 1. The molecule has 0 unspecified atom stereocenters. The molecule has 0 aliphatic carbocycles. The molecule has 0 bridgehead atoms. The van der Waals surface area contributed by atoms with Crippen LogP contribution in [-0.4, -0.2) is 30.1 Å². The fourth-order valence-corrected chi connectivity index (χ4v) is 1.49. The van der Waals surface area contributed by atoms with Crippen molar-refractivity contribution in [1.29, 1.82) is 0 Å². The third kappa shape index (κ3) is 2.36. The lowest BCUT2D eigenvalue weighted by atomic mass is 10.1. The maximum atomic E-state index is 10.6. The Morgan fingerprint density at radius 3 is 3.06 bits per heavy atom. The van der Waals surface area contributed by atoms with Crippen molar-refractivity contribution in [3.8, 4) is 5.75 Å². The molecule has 0 atom stereocenters. The summed E-state index contributed by atoms with van der Waals surface area (Å²) in [4.78, 5) is 10.6. The summed E-state index contributed by atoms with van der Waals surface area (Å²) in [5.41, 5.74) is 0.816. The van der Waals surface area contributed by atoms with E-state index in [9.17, 15) is 4.79 Å². The summed E-state index contributed by atoms with van der Waals surface area (Å²) < 4.78 is 15.2. The smallest absolute Gasteiger partial charge is 0.309 e. The fraction of sp³-hybridized carbons (Fsp3) is 0.273. The van der Waals surface area contributed by atoms with Crippen molar-refractivity contribution in [2.24, 2.45) is 0 Å². The van der Waals surface area contributed by atoms with Crippen LogP contribution in [0.3, 0.4) is 0 Å². The molecule has 0 fully saturated rings. The summed E-state index contributed by atoms with van der Waals surface area (Å²) in [5.74, 6) is -0.475. The monoisotopic (exact) mass is 237 g/mol. The van der Waals surface area contributed by atoms with Gasteiger partial charge in [-0.2, -0.15) is 0 Å². The average Bonchev–Trinajstić information content (AvgIpc) is 2.70. The Bertz CT molecular complexity index is 534. The van der Waals surface area contributed by atoms with Gasteiger partial charge in [0.15, 0.2) is 12.5 Å². The minimum atomic E-state index is -0.955. The first-order valence-corrected chi connectivity index (χ1v) is 4.93. The molecule has 0 radical (unpaired) electrons. The number of ether oxygens (including phenoxy) is 2. The van der Waals surface area contributed by atoms with E-state index < -0.39 is 5.97 Å². The standard InChI is InChI=1S/C11H11NO5/c1-15-6-16-9-4-2-3-7-8(5-10(13)14)12-17-11(7)9/h2-4H,5-6H2,1H3,(H,13,14). The van der Waals surface area contributed by atoms with Gasteiger partial charge in [-0.05, 0) is 12.1 Å². The predicted molar refractivity (Wildman–Crippen MR) is 57.9 cm³/mol. The number of fused-ring (bicyclic) bond motifs is 1. The fourth-order valence-electron chi connectivity index (χ4n) is 1.49. The van der Waals surface area contributed by atoms with Gasteiger partial charge in [-0.15, -0.1) is 0 Å². The summed E-state index contributed by atoms with van der Waals surface area (Å²) in [7, 11) is 1.51. The summed E-state index contributed by atoms with van der Waals surface area (Å²) >= 11 is 0. The molecule has 17 heavy (non-hydrogen) atoms. The normalized spacial score (nSPS) is 10.6. The number of para-hydroxylation sites is 1. The molecular formula is C11H11NO5. The molecular weight excluding hydrogens is 226 g/mol. The third-order valence-corrected chi connectivity index (χ3v) is 2.19. The Hall–Kier alpha value is -2.08. The van der Waals surface area contributed by atoms with Crippen LogP contribution in [0.5, 0.6) is 5.75 Å². The molecule has 2 rings (SSSR count). The number of carboxylic acids is 1. The van der Waals surface area contributed by atoms with Gasteiger partial charge < -0.3 is 19.1 Å². The highest BCUT2D eigenvalue weighted by Crippen LogP contribution is 2.28. The molecule has 1 N–H and O–H groups in total. The first kappa shape index (κ1) is 11.4. The summed E-state index contributed by atoms with van der Waals surface area (Å²) in [6, 6.07) is 5.19. The first-order valence-electron chi connectivity index (χ1n) is 4.93. The molecule has 90 valence electrons. The highest BCUT2D eigenvalue weighted by Gasteiger charge is 2.14. The zero-order valence-electron chi connectivity index (χ0n) is 9.17. The van der Waals surface area contributed by atoms with Gasteiger partial charge in [-0.1, -0.05) is 11.2 Å². The maximum absolute atomic E-state index is 10.6. The van der Waals surface area contributed by atoms with Gasteiger partial charge in [-0.25, -0.2) is 0 Å². The van der Waals surface area contributed by atoms with E-state index in [2.05, 4.69) is 5.16 Å². The van der Waals surface area contributed by atoms with E-state index in [-0.39, 0.29) is 13.2 Å². The van der Waals surface area contributed by atoms with Crippen LogP contribution in [0.25, 0.3) is 11.0 Å². The molecule has 0 saturated carbocycles. The predicted octanol–water partition coefficient (Wildman–Crippen LogP) is 1.44. The molecule has 0 amide bonds. The van der Waals surface area contributed by atoms with E-state index in [1.807, 2.05) is 0 Å². The highest BCUT2D eigenvalue weighted by atomic mass is 16.7. The van der Waals surface area contributed by atoms with Crippen LogP contribution in [0.1, 0.15) is 5.69 Å². The van der Waals surface area contributed by atoms with Crippen molar-refractivity contribution >= 4 is 16.9 Å². The molecule has 1 aromatic heterocycles. The number of aromatic nitrogens is 1. The number of aliphatic carboxylic acids is 1. The van der Waals surface area contributed by atoms with Crippen LogP contribution in [0.2, 0.25) is 0 Å². The zero-order valence-corrected chi connectivity index (χ0v) is 9.17. The molecule has 0 spiro atoms. The van der Waals surface area contributed by atoms with Crippen molar-refractivity contribution < 1.29 is 23.9 Å². The van der Waals surface area contributed by atoms with Crippen LogP contribution in [0.15, 0.2) is 22.7 Å². The molecule has 0 aliphatic heterocycles. The summed E-state index contributed by atoms with van der Waals surface area (Å²) in [6.07, 6.45) is -0.180. The molecule has 1 heterocycles. The molecule has 0 aliphatic rings. The maximum Gasteiger partial charge on any atom is 0.309 e. The second-order valence-electron chi connectivity index (χ2n) is 3.38. The summed E-state index contributed by atoms with van der Waals surface area (Å²) in [6.45, 7) is 0.0913. The molecule has 2 aromatic rings. The Labute approximate surface area is 96.7 Å². The lowest BCUT2D eigenvalue weighted by Crippen LogP contribution is -2.00. The van der Waals surface area contributed by atoms with Crippen LogP contribution in [0, 0.1) is 0 Å². The van der Waals surface area contributed by atoms with Gasteiger partial charge in [-0.3, -0.25) is 4.79 Å². The number of carboxylic acid groups (broad SMARTS) is 1. The third-order valence-electron chi connectivity index (χ3n) is 2.19. The van der Waals surface area contributed by atoms with E-state index in [1.165, 1.54) is 7.11 Å². The largest absolute Gasteiger partial charge is 0.481 e. The average molecular weight is 237 g/mol. The lowest BCUT2D eigenvalue weighted by molar-refractivity contribution is -0.136. The van der Waals surface area contributed by atoms with Gasteiger partial charge in [0.25, 0.3) is 0 Å². The van der Waals surface area contributed by atoms with E-state index >= 15 is 0 Å². The van der Waals surface area contributed by atoms with E-state index in [1.54, 1.807) is 18.2 Å². The second-order valence-corrected chi connectivity index (χ2v) is 3.38. The van der Waals surface area contributed by atoms with Gasteiger partial charge in [0.1, 0.15) is 5.69 Å². The number of hydrogen-bond donors (Lipinski definition) is 1. The van der Waals surface area contributed by atoms with Crippen LogP contribution in [0.4, 0.5) is 0 Å². The number of hydrogen-bond acceptors (Lipinski definition) is 5. The Morgan fingerprint density at radius 2 is 2.35 bits per heavy atom. The zero-order chi connectivity index (χ0) is 12.3. The minimum Gasteiger partial charge on any atom is -0.481 e. The Kier molecular flexibility index (Phi) is 3.24. The Balaban J connectivity index is 2.38. The molecule has 6 nitrogen and oxygen atoms in total. The van der Waals surface area contributed by atoms with E-state index in [0.29, 0.717) is 22.4 Å². The van der Waals surface area contributed by atoms with Gasteiger partial charge >= 0.3 is 5.97 Å². The number of methoxy groups -OCH3 is 1. The van der Waals surface area contributed by atoms with E-state index in [4.69, 9.17) is 19.1 Å². The van der Waals surface area contributed by atoms with Gasteiger partial charge in [0.2, 0.25) is 5.58 Å². The lowest BCUT2D eigenvalue weighted by Gasteiger charge is -2.03. The number of carbonyl (C=O) groups is 1. The van der Waals surface area contributed by atoms with Crippen molar-refractivity contribution in [2.75, 3.05) is 13.9 Å². The quantitative estimate of drug-likeness (QED) is 0.792. The SMILES string of the molecule is COCOc1cccc2c(CC(=O)O)noc12.